The Balaban J connectivity index is 1.70. The Morgan fingerprint density at radius 1 is 1.24 bits per heavy atom. The van der Waals surface area contributed by atoms with Crippen molar-refractivity contribution in [2.24, 2.45) is 0 Å². The van der Waals surface area contributed by atoms with E-state index in [1.165, 1.54) is 0 Å². The summed E-state index contributed by atoms with van der Waals surface area (Å²) in [5.41, 5.74) is 7.68. The number of benzene rings is 1. The van der Waals surface area contributed by atoms with Crippen LogP contribution in [0.5, 0.6) is 5.75 Å². The fourth-order valence-corrected chi connectivity index (χ4v) is 3.46. The summed E-state index contributed by atoms with van der Waals surface area (Å²) < 4.78 is 5.23. The molecule has 0 atom stereocenters. The molecule has 0 unspecified atom stereocenters. The standard InChI is InChI=1S/C16H15N7OS/c1-24-10-4-2-9(3-5-10)11-7-25-15-13(11)14(19-8-20-15)18-6-12-21-16(17)23-22-12/h2-5,7-8H,6H2,1H3,(H,18,19,20)(H3,17,21,22,23). The predicted molar refractivity (Wildman–Crippen MR) is 97.5 cm³/mol. The highest BCUT2D eigenvalue weighted by Gasteiger charge is 2.13. The van der Waals surface area contributed by atoms with Gasteiger partial charge in [-0.1, -0.05) is 12.1 Å². The van der Waals surface area contributed by atoms with Crippen molar-refractivity contribution in [3.05, 3.63) is 41.8 Å². The predicted octanol–water partition coefficient (Wildman–Crippen LogP) is 2.68. The van der Waals surface area contributed by atoms with E-state index in [1.54, 1.807) is 24.8 Å². The summed E-state index contributed by atoms with van der Waals surface area (Å²) in [6.07, 6.45) is 1.55. The van der Waals surface area contributed by atoms with Crippen LogP contribution in [-0.4, -0.2) is 32.3 Å². The van der Waals surface area contributed by atoms with Gasteiger partial charge in [-0.2, -0.15) is 4.98 Å². The number of hydrogen-bond acceptors (Lipinski definition) is 8. The largest absolute Gasteiger partial charge is 0.497 e. The van der Waals surface area contributed by atoms with Crippen LogP contribution in [0.2, 0.25) is 0 Å². The van der Waals surface area contributed by atoms with E-state index < -0.39 is 0 Å². The third kappa shape index (κ3) is 2.96. The first-order valence-corrected chi connectivity index (χ1v) is 8.40. The van der Waals surface area contributed by atoms with E-state index >= 15 is 0 Å². The van der Waals surface area contributed by atoms with Crippen LogP contribution in [0, 0.1) is 0 Å². The van der Waals surface area contributed by atoms with E-state index in [4.69, 9.17) is 10.5 Å². The molecule has 3 heterocycles. The van der Waals surface area contributed by atoms with Crippen LogP contribution < -0.4 is 15.8 Å². The lowest BCUT2D eigenvalue weighted by molar-refractivity contribution is 0.415. The molecule has 25 heavy (non-hydrogen) atoms. The third-order valence-electron chi connectivity index (χ3n) is 3.74. The Hall–Kier alpha value is -3.20. The van der Waals surface area contributed by atoms with Gasteiger partial charge in [-0.05, 0) is 17.7 Å². The summed E-state index contributed by atoms with van der Waals surface area (Å²) in [6.45, 7) is 0.439. The molecular weight excluding hydrogens is 338 g/mol. The molecule has 0 aliphatic rings. The fraction of sp³-hybridized carbons (Fsp3) is 0.125. The van der Waals surface area contributed by atoms with E-state index in [2.05, 4.69) is 35.8 Å². The molecule has 0 aliphatic heterocycles. The number of nitrogens with two attached hydrogens (primary N) is 1. The van der Waals surface area contributed by atoms with Crippen molar-refractivity contribution in [3.63, 3.8) is 0 Å². The van der Waals surface area contributed by atoms with Crippen LogP contribution >= 0.6 is 11.3 Å². The van der Waals surface area contributed by atoms with Gasteiger partial charge in [0.15, 0.2) is 0 Å². The summed E-state index contributed by atoms with van der Waals surface area (Å²) in [5.74, 6) is 2.43. The van der Waals surface area contributed by atoms with Gasteiger partial charge in [0, 0.05) is 10.9 Å². The SMILES string of the molecule is COc1ccc(-c2csc3ncnc(NCc4nc(N)n[nH]4)c23)cc1. The monoisotopic (exact) mass is 353 g/mol. The first-order chi connectivity index (χ1) is 12.2. The lowest BCUT2D eigenvalue weighted by Gasteiger charge is -2.07. The third-order valence-corrected chi connectivity index (χ3v) is 4.63. The van der Waals surface area contributed by atoms with E-state index in [9.17, 15) is 0 Å². The van der Waals surface area contributed by atoms with E-state index in [0.29, 0.717) is 12.4 Å². The van der Waals surface area contributed by atoms with E-state index in [0.717, 1.165) is 32.9 Å². The Kier molecular flexibility index (Phi) is 3.90. The van der Waals surface area contributed by atoms with Gasteiger partial charge in [0.2, 0.25) is 5.95 Å². The maximum absolute atomic E-state index is 5.53. The van der Waals surface area contributed by atoms with Crippen molar-refractivity contribution in [2.45, 2.75) is 6.54 Å². The number of hydrogen-bond donors (Lipinski definition) is 3. The summed E-state index contributed by atoms with van der Waals surface area (Å²) >= 11 is 1.58. The minimum atomic E-state index is 0.221. The molecule has 0 spiro atoms. The minimum absolute atomic E-state index is 0.221. The van der Waals surface area contributed by atoms with E-state index in [1.807, 2.05) is 24.3 Å². The molecule has 0 saturated heterocycles. The van der Waals surface area contributed by atoms with Crippen molar-refractivity contribution in [1.82, 2.24) is 25.1 Å². The quantitative estimate of drug-likeness (QED) is 0.505. The normalized spacial score (nSPS) is 10.9. The molecule has 3 aromatic heterocycles. The highest BCUT2D eigenvalue weighted by Crippen LogP contribution is 2.37. The van der Waals surface area contributed by atoms with E-state index in [-0.39, 0.29) is 5.95 Å². The summed E-state index contributed by atoms with van der Waals surface area (Å²) in [7, 11) is 1.65. The molecule has 8 nitrogen and oxygen atoms in total. The average molecular weight is 353 g/mol. The Bertz CT molecular complexity index is 1010. The lowest BCUT2D eigenvalue weighted by atomic mass is 10.1. The number of nitrogens with zero attached hydrogens (tertiary/aromatic N) is 4. The van der Waals surface area contributed by atoms with Gasteiger partial charge in [-0.25, -0.2) is 9.97 Å². The zero-order chi connectivity index (χ0) is 17.2. The average Bonchev–Trinajstić information content (AvgIpc) is 3.26. The molecule has 0 fully saturated rings. The fourth-order valence-electron chi connectivity index (χ4n) is 2.55. The second-order valence-corrected chi connectivity index (χ2v) is 6.13. The van der Waals surface area contributed by atoms with Crippen LogP contribution in [0.15, 0.2) is 36.0 Å². The summed E-state index contributed by atoms with van der Waals surface area (Å²) in [6, 6.07) is 7.92. The smallest absolute Gasteiger partial charge is 0.239 e. The van der Waals surface area contributed by atoms with Crippen molar-refractivity contribution in [1.29, 1.82) is 0 Å². The highest BCUT2D eigenvalue weighted by atomic mass is 32.1. The van der Waals surface area contributed by atoms with Gasteiger partial charge >= 0.3 is 0 Å². The Morgan fingerprint density at radius 3 is 2.80 bits per heavy atom. The van der Waals surface area contributed by atoms with Gasteiger partial charge in [-0.15, -0.1) is 16.4 Å². The van der Waals surface area contributed by atoms with Crippen LogP contribution in [0.25, 0.3) is 21.3 Å². The number of thiophene rings is 1. The second-order valence-electron chi connectivity index (χ2n) is 5.27. The topological polar surface area (TPSA) is 115 Å². The molecule has 126 valence electrons. The van der Waals surface area contributed by atoms with Crippen molar-refractivity contribution < 1.29 is 4.74 Å². The van der Waals surface area contributed by atoms with Gasteiger partial charge in [0.25, 0.3) is 0 Å². The molecule has 4 rings (SSSR count). The first kappa shape index (κ1) is 15.3. The molecule has 0 radical (unpaired) electrons. The number of methoxy groups -OCH3 is 1. The number of fused-ring (bicyclic) bond motifs is 1. The maximum Gasteiger partial charge on any atom is 0.239 e. The van der Waals surface area contributed by atoms with Crippen LogP contribution in [-0.2, 0) is 6.54 Å². The second kappa shape index (κ2) is 6.36. The van der Waals surface area contributed by atoms with Gasteiger partial charge in [0.05, 0.1) is 19.0 Å². The molecule has 0 bridgehead atoms. The van der Waals surface area contributed by atoms with Gasteiger partial charge < -0.3 is 15.8 Å². The molecule has 0 saturated carbocycles. The number of aromatic nitrogens is 5. The van der Waals surface area contributed by atoms with Crippen molar-refractivity contribution in [2.75, 3.05) is 18.2 Å². The van der Waals surface area contributed by atoms with Gasteiger partial charge in [0.1, 0.15) is 28.5 Å². The number of anilines is 2. The highest BCUT2D eigenvalue weighted by molar-refractivity contribution is 7.17. The molecule has 1 aromatic carbocycles. The summed E-state index contributed by atoms with van der Waals surface area (Å²) in [5, 5.41) is 12.9. The zero-order valence-electron chi connectivity index (χ0n) is 13.4. The van der Waals surface area contributed by atoms with Crippen molar-refractivity contribution in [3.8, 4) is 16.9 Å². The maximum atomic E-state index is 5.53. The Morgan fingerprint density at radius 2 is 2.08 bits per heavy atom. The molecule has 4 N–H and O–H groups in total. The van der Waals surface area contributed by atoms with Crippen LogP contribution in [0.1, 0.15) is 5.82 Å². The number of nitrogen functional groups attached to an aromatic ring is 1. The number of rotatable bonds is 5. The molecular formula is C16H15N7OS. The molecule has 0 aliphatic carbocycles. The van der Waals surface area contributed by atoms with Crippen molar-refractivity contribution >= 4 is 33.3 Å². The number of aromatic amines is 1. The molecule has 0 amide bonds. The minimum Gasteiger partial charge on any atom is -0.497 e. The summed E-state index contributed by atoms with van der Waals surface area (Å²) in [4.78, 5) is 13.8. The van der Waals surface area contributed by atoms with Crippen LogP contribution in [0.3, 0.4) is 0 Å². The lowest BCUT2D eigenvalue weighted by Crippen LogP contribution is -2.04. The molecule has 4 aromatic rings. The van der Waals surface area contributed by atoms with Crippen LogP contribution in [0.4, 0.5) is 11.8 Å². The first-order valence-electron chi connectivity index (χ1n) is 7.52. The zero-order valence-corrected chi connectivity index (χ0v) is 14.2. The number of ether oxygens (including phenoxy) is 1. The number of H-pyrrole nitrogens is 1. The number of nitrogens with one attached hydrogen (secondary N) is 2. The molecule has 9 heteroatoms. The van der Waals surface area contributed by atoms with Gasteiger partial charge in [-0.3, -0.25) is 5.10 Å². The Labute approximate surface area is 147 Å².